The Morgan fingerprint density at radius 1 is 0.686 bits per heavy atom. The molecule has 3 aliphatic rings. The molecule has 4 atom stereocenters. The normalized spacial score (nSPS) is 24.6. The van der Waals surface area contributed by atoms with Crippen LogP contribution in [0.3, 0.4) is 0 Å². The van der Waals surface area contributed by atoms with Crippen LogP contribution < -0.4 is 0 Å². The first-order chi connectivity index (χ1) is 24.4. The predicted octanol–water partition coefficient (Wildman–Crippen LogP) is 9.27. The van der Waals surface area contributed by atoms with Crippen LogP contribution in [-0.4, -0.2) is 40.0 Å². The number of nitrogens with zero attached hydrogens (tertiary/aromatic N) is 3. The highest BCUT2D eigenvalue weighted by atomic mass is 16.6. The Hall–Kier alpha value is -4.79. The van der Waals surface area contributed by atoms with Crippen molar-refractivity contribution in [1.82, 2.24) is 5.06 Å². The summed E-state index contributed by atoms with van der Waals surface area (Å²) in [6, 6.07) is 39.5. The maximum atomic E-state index is 14.2. The van der Waals surface area contributed by atoms with Crippen LogP contribution in [-0.2, 0) is 19.0 Å². The van der Waals surface area contributed by atoms with Crippen molar-refractivity contribution in [1.29, 1.82) is 0 Å². The smallest absolute Gasteiger partial charge is 0.307 e. The van der Waals surface area contributed by atoms with Crippen LogP contribution in [0.25, 0.3) is 0 Å². The van der Waals surface area contributed by atoms with E-state index in [2.05, 4.69) is 0 Å². The summed E-state index contributed by atoms with van der Waals surface area (Å²) >= 11 is 0. The van der Waals surface area contributed by atoms with Crippen molar-refractivity contribution in [2.45, 2.75) is 95.4 Å². The molecule has 51 heavy (non-hydrogen) atoms. The van der Waals surface area contributed by atoms with Gasteiger partial charge in [-0.2, -0.15) is 0 Å². The minimum atomic E-state index is -1.21. The van der Waals surface area contributed by atoms with Crippen molar-refractivity contribution in [3.05, 3.63) is 149 Å². The van der Waals surface area contributed by atoms with Gasteiger partial charge in [0, 0.05) is 23.9 Å². The summed E-state index contributed by atoms with van der Waals surface area (Å²) in [5.41, 5.74) is 1.35. The summed E-state index contributed by atoms with van der Waals surface area (Å²) in [6.07, 6.45) is -0.559. The summed E-state index contributed by atoms with van der Waals surface area (Å²) in [6.45, 7) is 9.51. The number of piperidine rings is 1. The maximum Gasteiger partial charge on any atom is 0.307 e. The number of esters is 1. The van der Waals surface area contributed by atoms with Crippen LogP contribution in [0.4, 0.5) is 0 Å². The molecule has 1 fully saturated rings. The van der Waals surface area contributed by atoms with E-state index in [4.69, 9.17) is 24.2 Å². The van der Waals surface area contributed by atoms with Crippen LogP contribution in [0, 0.1) is 10.6 Å². The minimum absolute atomic E-state index is 0.116. The number of ether oxygens (including phenoxy) is 3. The van der Waals surface area contributed by atoms with E-state index < -0.39 is 40.8 Å². The Morgan fingerprint density at radius 3 is 1.41 bits per heavy atom. The molecule has 0 bridgehead atoms. The van der Waals surface area contributed by atoms with Gasteiger partial charge in [0.2, 0.25) is 11.8 Å². The summed E-state index contributed by atoms with van der Waals surface area (Å²) in [7, 11) is 0. The van der Waals surface area contributed by atoms with E-state index in [1.807, 2.05) is 156 Å². The van der Waals surface area contributed by atoms with Crippen LogP contribution in [0.15, 0.2) is 131 Å². The van der Waals surface area contributed by atoms with Gasteiger partial charge < -0.3 is 24.5 Å². The molecule has 0 aliphatic carbocycles. The van der Waals surface area contributed by atoms with Gasteiger partial charge in [-0.25, -0.2) is 9.98 Å². The number of carbonyl (C=O) groups excluding carboxylic acids is 1. The number of carbonyl (C=O) groups is 1. The molecule has 4 aromatic rings. The first kappa shape index (κ1) is 34.6. The van der Waals surface area contributed by atoms with Gasteiger partial charge in [0.05, 0.1) is 6.42 Å². The number of benzene rings is 4. The van der Waals surface area contributed by atoms with Crippen molar-refractivity contribution >= 4 is 17.8 Å². The molecule has 0 radical (unpaired) electrons. The average Bonchev–Trinajstić information content (AvgIpc) is 3.79. The fraction of sp³-hybridized carbons (Fsp3) is 0.372. The number of hydrogen-bond acceptors (Lipinski definition) is 8. The third-order valence-electron chi connectivity index (χ3n) is 10.4. The highest BCUT2D eigenvalue weighted by molar-refractivity contribution is 6.08. The second-order valence-corrected chi connectivity index (χ2v) is 15.4. The van der Waals surface area contributed by atoms with Gasteiger partial charge in [-0.05, 0) is 56.9 Å². The summed E-state index contributed by atoms with van der Waals surface area (Å²) < 4.78 is 20.0. The van der Waals surface area contributed by atoms with Gasteiger partial charge in [-0.3, -0.25) is 4.79 Å². The van der Waals surface area contributed by atoms with E-state index in [1.54, 1.807) is 0 Å². The van der Waals surface area contributed by atoms with Gasteiger partial charge in [0.15, 0.2) is 12.2 Å². The molecular weight excluding hydrogens is 638 g/mol. The number of rotatable bonds is 9. The Bertz CT molecular complexity index is 1750. The molecular formula is C43H46N3O5-. The molecule has 0 unspecified atom stereocenters. The maximum absolute atomic E-state index is 14.2. The van der Waals surface area contributed by atoms with Gasteiger partial charge in [-0.1, -0.05) is 121 Å². The monoisotopic (exact) mass is 684 g/mol. The molecule has 7 rings (SSSR count). The molecule has 0 N–H and O–H groups in total. The van der Waals surface area contributed by atoms with Crippen LogP contribution in [0.2, 0.25) is 0 Å². The minimum Gasteiger partial charge on any atom is -0.784 e. The Balaban J connectivity index is 1.29. The lowest BCUT2D eigenvalue weighted by Gasteiger charge is -2.59. The van der Waals surface area contributed by atoms with Gasteiger partial charge in [0.1, 0.15) is 23.6 Å². The first-order valence-electron chi connectivity index (χ1n) is 17.8. The zero-order chi connectivity index (χ0) is 35.8. The second-order valence-electron chi connectivity index (χ2n) is 15.4. The molecule has 0 aromatic heterocycles. The quantitative estimate of drug-likeness (QED) is 0.163. The summed E-state index contributed by atoms with van der Waals surface area (Å²) in [4.78, 5) is 24.7. The summed E-state index contributed by atoms with van der Waals surface area (Å²) in [5, 5.41) is 14.2. The molecule has 3 aliphatic heterocycles. The van der Waals surface area contributed by atoms with Gasteiger partial charge in [-0.15, -0.1) is 0 Å². The van der Waals surface area contributed by atoms with Crippen molar-refractivity contribution in [3.63, 3.8) is 0 Å². The summed E-state index contributed by atoms with van der Waals surface area (Å²) in [5.74, 6) is 0.317. The van der Waals surface area contributed by atoms with Crippen molar-refractivity contribution < 1.29 is 19.0 Å². The zero-order valence-electron chi connectivity index (χ0n) is 29.9. The Labute approximate surface area is 300 Å². The van der Waals surface area contributed by atoms with Crippen molar-refractivity contribution in [3.8, 4) is 0 Å². The van der Waals surface area contributed by atoms with Crippen LogP contribution in [0.5, 0.6) is 0 Å². The molecule has 3 heterocycles. The van der Waals surface area contributed by atoms with Crippen LogP contribution in [0.1, 0.15) is 100 Å². The fourth-order valence-electron chi connectivity index (χ4n) is 7.96. The van der Waals surface area contributed by atoms with Crippen molar-refractivity contribution in [2.75, 3.05) is 0 Å². The molecule has 0 saturated carbocycles. The lowest BCUT2D eigenvalue weighted by atomic mass is 9.80. The Kier molecular flexibility index (Phi) is 9.33. The molecule has 4 aromatic carbocycles. The molecule has 8 nitrogen and oxygen atoms in total. The van der Waals surface area contributed by atoms with E-state index in [0.29, 0.717) is 24.6 Å². The van der Waals surface area contributed by atoms with E-state index in [-0.39, 0.29) is 18.5 Å². The Morgan fingerprint density at radius 2 is 1.04 bits per heavy atom. The number of hydrogen-bond donors (Lipinski definition) is 0. The number of aliphatic imine (C=N–C) groups is 2. The molecule has 0 spiro atoms. The third kappa shape index (κ3) is 6.95. The predicted molar refractivity (Wildman–Crippen MR) is 199 cm³/mol. The van der Waals surface area contributed by atoms with E-state index in [0.717, 1.165) is 27.3 Å². The van der Waals surface area contributed by atoms with E-state index in [9.17, 15) is 10.0 Å². The van der Waals surface area contributed by atoms with Gasteiger partial charge in [0.25, 0.3) is 0 Å². The third-order valence-corrected chi connectivity index (χ3v) is 10.4. The standard InChI is InChI=1S/C43H46N3O5/c1-41(2)26-33(27-42(3,4)46(41)48)49-34(47)28-43(5,39-44-35(29-18-10-6-11-19-29)37(50-39)31-22-14-8-15-23-31)40-45-36(30-20-12-7-13-21-30)38(51-40)32-24-16-9-17-25-32/h6-25,33,35-38H,26-28H2,1-5H3/q-1/t35-,36-,37+,38+/m1/s1. The molecule has 264 valence electrons. The fourth-order valence-corrected chi connectivity index (χ4v) is 7.96. The first-order valence-corrected chi connectivity index (χ1v) is 17.8. The zero-order valence-corrected chi connectivity index (χ0v) is 29.9. The topological polar surface area (TPSA) is 95.8 Å². The molecule has 1 saturated heterocycles. The van der Waals surface area contributed by atoms with E-state index in [1.165, 1.54) is 0 Å². The largest absolute Gasteiger partial charge is 0.784 e. The van der Waals surface area contributed by atoms with Gasteiger partial charge >= 0.3 is 5.97 Å². The van der Waals surface area contributed by atoms with Crippen molar-refractivity contribution in [2.24, 2.45) is 15.4 Å². The average molecular weight is 685 g/mol. The highest BCUT2D eigenvalue weighted by Crippen LogP contribution is 2.49. The highest BCUT2D eigenvalue weighted by Gasteiger charge is 2.52. The van der Waals surface area contributed by atoms with E-state index >= 15 is 0 Å². The SMILES string of the molecule is CC(CC(=O)OC1CC(C)(C)N([O-])C(C)(C)C1)(C1=N[C@H](c2ccccc2)[C@H](c2ccccc2)O1)C1=N[C@H](c2ccccc2)[C@H](c2ccccc2)O1. The number of hydroxylamine groups is 2. The lowest BCUT2D eigenvalue weighted by molar-refractivity contribution is -0.159. The molecule has 0 amide bonds. The second kappa shape index (κ2) is 13.7. The molecule has 8 heteroatoms. The lowest BCUT2D eigenvalue weighted by Crippen LogP contribution is -2.59. The van der Waals surface area contributed by atoms with Crippen LogP contribution >= 0.6 is 0 Å².